The van der Waals surface area contributed by atoms with Crippen molar-refractivity contribution in [1.29, 1.82) is 0 Å². The highest BCUT2D eigenvalue weighted by molar-refractivity contribution is 7.99. The molecule has 0 aromatic heterocycles. The molecule has 4 nitrogen and oxygen atoms in total. The number of halogens is 1. The van der Waals surface area contributed by atoms with Gasteiger partial charge in [0.25, 0.3) is 0 Å². The Kier molecular flexibility index (Phi) is 8.14. The molecule has 0 radical (unpaired) electrons. The number of amides is 1. The SMILES string of the molecule is CSC1CCCC(NC(=O)CC2CNCCO2)C1.Cl. The van der Waals surface area contributed by atoms with Crippen LogP contribution in [0, 0.1) is 0 Å². The van der Waals surface area contributed by atoms with Crippen LogP contribution in [0.25, 0.3) is 0 Å². The molecule has 19 heavy (non-hydrogen) atoms. The molecule has 1 amide bonds. The molecule has 2 N–H and O–H groups in total. The summed E-state index contributed by atoms with van der Waals surface area (Å²) < 4.78 is 5.55. The summed E-state index contributed by atoms with van der Waals surface area (Å²) >= 11 is 1.93. The van der Waals surface area contributed by atoms with Gasteiger partial charge in [-0.3, -0.25) is 4.79 Å². The lowest BCUT2D eigenvalue weighted by Crippen LogP contribution is -2.44. The second-order valence-corrected chi connectivity index (χ2v) is 6.33. The van der Waals surface area contributed by atoms with E-state index in [1.165, 1.54) is 12.8 Å². The summed E-state index contributed by atoms with van der Waals surface area (Å²) in [5, 5.41) is 7.14. The van der Waals surface area contributed by atoms with E-state index in [0.29, 0.717) is 12.5 Å². The van der Waals surface area contributed by atoms with Crippen molar-refractivity contribution in [3.8, 4) is 0 Å². The van der Waals surface area contributed by atoms with Crippen LogP contribution in [0.5, 0.6) is 0 Å². The van der Waals surface area contributed by atoms with Crippen LogP contribution in [0.4, 0.5) is 0 Å². The molecular formula is C13H25ClN2O2S. The number of rotatable bonds is 4. The van der Waals surface area contributed by atoms with Gasteiger partial charge >= 0.3 is 0 Å². The van der Waals surface area contributed by atoms with Crippen molar-refractivity contribution < 1.29 is 9.53 Å². The van der Waals surface area contributed by atoms with E-state index in [2.05, 4.69) is 16.9 Å². The molecule has 112 valence electrons. The van der Waals surface area contributed by atoms with Gasteiger partial charge in [-0.1, -0.05) is 6.42 Å². The monoisotopic (exact) mass is 308 g/mol. The van der Waals surface area contributed by atoms with Crippen molar-refractivity contribution in [1.82, 2.24) is 10.6 Å². The highest BCUT2D eigenvalue weighted by Crippen LogP contribution is 2.26. The smallest absolute Gasteiger partial charge is 0.222 e. The molecule has 1 saturated carbocycles. The summed E-state index contributed by atoms with van der Waals surface area (Å²) in [4.78, 5) is 11.9. The van der Waals surface area contributed by atoms with E-state index in [4.69, 9.17) is 4.74 Å². The first kappa shape index (κ1) is 17.1. The Hall–Kier alpha value is 0.0300. The summed E-state index contributed by atoms with van der Waals surface area (Å²) in [7, 11) is 0. The van der Waals surface area contributed by atoms with Crippen LogP contribution in [0.1, 0.15) is 32.1 Å². The van der Waals surface area contributed by atoms with Crippen LogP contribution < -0.4 is 10.6 Å². The topological polar surface area (TPSA) is 50.4 Å². The zero-order chi connectivity index (χ0) is 12.8. The van der Waals surface area contributed by atoms with E-state index in [1.807, 2.05) is 11.8 Å². The minimum Gasteiger partial charge on any atom is -0.375 e. The predicted octanol–water partition coefficient (Wildman–Crippen LogP) is 1.58. The molecule has 1 aliphatic heterocycles. The van der Waals surface area contributed by atoms with E-state index in [1.54, 1.807) is 0 Å². The zero-order valence-electron chi connectivity index (χ0n) is 11.5. The number of thioether (sulfide) groups is 1. The number of hydrogen-bond acceptors (Lipinski definition) is 4. The molecule has 6 heteroatoms. The average Bonchev–Trinajstić information content (AvgIpc) is 2.40. The lowest BCUT2D eigenvalue weighted by atomic mass is 9.95. The Bertz CT molecular complexity index is 275. The van der Waals surface area contributed by atoms with Gasteiger partial charge in [0.15, 0.2) is 0 Å². The summed E-state index contributed by atoms with van der Waals surface area (Å²) in [6, 6.07) is 0.375. The largest absolute Gasteiger partial charge is 0.375 e. The van der Waals surface area contributed by atoms with Crippen LogP contribution in [-0.4, -0.2) is 49.3 Å². The molecule has 0 aromatic rings. The zero-order valence-corrected chi connectivity index (χ0v) is 13.2. The van der Waals surface area contributed by atoms with Crippen LogP contribution in [0.15, 0.2) is 0 Å². The second-order valence-electron chi connectivity index (χ2n) is 5.19. The van der Waals surface area contributed by atoms with Crippen LogP contribution in [-0.2, 0) is 9.53 Å². The van der Waals surface area contributed by atoms with Gasteiger partial charge < -0.3 is 15.4 Å². The van der Waals surface area contributed by atoms with Crippen molar-refractivity contribution in [3.63, 3.8) is 0 Å². The first-order valence-electron chi connectivity index (χ1n) is 6.92. The van der Waals surface area contributed by atoms with Gasteiger partial charge in [-0.15, -0.1) is 12.4 Å². The molecule has 1 saturated heterocycles. The van der Waals surface area contributed by atoms with Gasteiger partial charge in [0.05, 0.1) is 19.1 Å². The lowest BCUT2D eigenvalue weighted by molar-refractivity contribution is -0.125. The van der Waals surface area contributed by atoms with Gasteiger partial charge in [0, 0.05) is 24.4 Å². The Labute approximate surface area is 126 Å². The number of ether oxygens (including phenoxy) is 1. The molecule has 2 rings (SSSR count). The van der Waals surface area contributed by atoms with Gasteiger partial charge in [-0.2, -0.15) is 11.8 Å². The third-order valence-corrected chi connectivity index (χ3v) is 4.84. The van der Waals surface area contributed by atoms with E-state index >= 15 is 0 Å². The molecule has 3 atom stereocenters. The first-order chi connectivity index (χ1) is 8.78. The second kappa shape index (κ2) is 9.06. The third kappa shape index (κ3) is 5.90. The number of carbonyl (C=O) groups excluding carboxylic acids is 1. The maximum atomic E-state index is 11.9. The average molecular weight is 309 g/mol. The van der Waals surface area contributed by atoms with Gasteiger partial charge in [-0.05, 0) is 25.5 Å². The Morgan fingerprint density at radius 1 is 1.47 bits per heavy atom. The molecule has 1 heterocycles. The third-order valence-electron chi connectivity index (χ3n) is 3.74. The van der Waals surface area contributed by atoms with Crippen LogP contribution in [0.3, 0.4) is 0 Å². The first-order valence-corrected chi connectivity index (χ1v) is 8.21. The summed E-state index contributed by atoms with van der Waals surface area (Å²) in [6.45, 7) is 2.41. The maximum absolute atomic E-state index is 11.9. The standard InChI is InChI=1S/C13H24N2O2S.ClH/c1-18-12-4-2-3-10(7-12)15-13(16)8-11-9-14-5-6-17-11;/h10-12,14H,2-9H2,1H3,(H,15,16);1H. The van der Waals surface area contributed by atoms with E-state index in [0.717, 1.165) is 37.8 Å². The lowest BCUT2D eigenvalue weighted by Gasteiger charge is -2.29. The van der Waals surface area contributed by atoms with E-state index in [9.17, 15) is 4.79 Å². The van der Waals surface area contributed by atoms with E-state index < -0.39 is 0 Å². The molecule has 0 bridgehead atoms. The minimum atomic E-state index is 0. The summed E-state index contributed by atoms with van der Waals surface area (Å²) in [6.07, 6.45) is 7.49. The fourth-order valence-electron chi connectivity index (χ4n) is 2.73. The Balaban J connectivity index is 0.00000180. The molecule has 3 unspecified atom stereocenters. The predicted molar refractivity (Wildman–Crippen MR) is 82.2 cm³/mol. The molecule has 2 fully saturated rings. The fraction of sp³-hybridized carbons (Fsp3) is 0.923. The molecular weight excluding hydrogens is 284 g/mol. The molecule has 0 spiro atoms. The van der Waals surface area contributed by atoms with Crippen molar-refractivity contribution in [2.24, 2.45) is 0 Å². The van der Waals surface area contributed by atoms with E-state index in [-0.39, 0.29) is 24.4 Å². The van der Waals surface area contributed by atoms with Gasteiger partial charge in [0.2, 0.25) is 5.91 Å². The number of nitrogens with one attached hydrogen (secondary N) is 2. The fourth-order valence-corrected chi connectivity index (χ4v) is 3.56. The van der Waals surface area contributed by atoms with Crippen molar-refractivity contribution in [2.45, 2.75) is 49.5 Å². The Morgan fingerprint density at radius 2 is 2.32 bits per heavy atom. The maximum Gasteiger partial charge on any atom is 0.222 e. The Morgan fingerprint density at radius 3 is 3.00 bits per heavy atom. The summed E-state index contributed by atoms with van der Waals surface area (Å²) in [5.74, 6) is 0.149. The van der Waals surface area contributed by atoms with Crippen molar-refractivity contribution in [2.75, 3.05) is 26.0 Å². The summed E-state index contributed by atoms with van der Waals surface area (Å²) in [5.41, 5.74) is 0. The molecule has 2 aliphatic rings. The molecule has 0 aromatic carbocycles. The number of hydrogen-bond donors (Lipinski definition) is 2. The van der Waals surface area contributed by atoms with Crippen molar-refractivity contribution >= 4 is 30.1 Å². The van der Waals surface area contributed by atoms with Crippen LogP contribution >= 0.6 is 24.2 Å². The van der Waals surface area contributed by atoms with Crippen molar-refractivity contribution in [3.05, 3.63) is 0 Å². The van der Waals surface area contributed by atoms with Gasteiger partial charge in [0.1, 0.15) is 0 Å². The minimum absolute atomic E-state index is 0. The number of carbonyl (C=O) groups is 1. The highest BCUT2D eigenvalue weighted by Gasteiger charge is 2.24. The van der Waals surface area contributed by atoms with Crippen LogP contribution in [0.2, 0.25) is 0 Å². The quantitative estimate of drug-likeness (QED) is 0.828. The number of morpholine rings is 1. The normalized spacial score (nSPS) is 31.3. The van der Waals surface area contributed by atoms with Gasteiger partial charge in [-0.25, -0.2) is 0 Å². The molecule has 1 aliphatic carbocycles. The highest BCUT2D eigenvalue weighted by atomic mass is 35.5.